The lowest BCUT2D eigenvalue weighted by Crippen LogP contribution is -2.64. The Morgan fingerprint density at radius 1 is 1.09 bits per heavy atom. The summed E-state index contributed by atoms with van der Waals surface area (Å²) in [4.78, 5) is 0. The Bertz CT molecular complexity index is 1040. The number of hydrogen-bond acceptors (Lipinski definition) is 6. The molecule has 35 heavy (non-hydrogen) atoms. The highest BCUT2D eigenvalue weighted by molar-refractivity contribution is 5.85. The Morgan fingerprint density at radius 2 is 1.71 bits per heavy atom. The second kappa shape index (κ2) is 12.1. The normalized spacial score (nSPS) is 22.3. The maximum absolute atomic E-state index is 13.5. The highest BCUT2D eigenvalue weighted by Gasteiger charge is 2.49. The third-order valence-electron chi connectivity index (χ3n) is 5.71. The van der Waals surface area contributed by atoms with Crippen molar-refractivity contribution in [3.05, 3.63) is 77.6 Å². The van der Waals surface area contributed by atoms with E-state index in [4.69, 9.17) is 4.74 Å². The summed E-state index contributed by atoms with van der Waals surface area (Å²) >= 11 is 0. The van der Waals surface area contributed by atoms with Crippen molar-refractivity contribution in [2.24, 2.45) is 0 Å². The van der Waals surface area contributed by atoms with Crippen LogP contribution in [0.2, 0.25) is 0 Å². The van der Waals surface area contributed by atoms with Crippen LogP contribution in [0.4, 0.5) is 13.2 Å². The lowest BCUT2D eigenvalue weighted by molar-refractivity contribution is -0.157. The van der Waals surface area contributed by atoms with Gasteiger partial charge < -0.3 is 10.1 Å². The number of hydrogen-bond donors (Lipinski definition) is 2. The molecule has 1 aliphatic heterocycles. The minimum Gasteiger partial charge on any atom is -0.352 e. The average molecular weight is 533 g/mol. The smallest absolute Gasteiger partial charge is 0.352 e. The summed E-state index contributed by atoms with van der Waals surface area (Å²) in [6.45, 7) is 4.61. The predicted molar refractivity (Wildman–Crippen MR) is 130 cm³/mol. The van der Waals surface area contributed by atoms with E-state index in [0.717, 1.165) is 15.8 Å². The molecule has 2 aromatic carbocycles. The summed E-state index contributed by atoms with van der Waals surface area (Å²) in [6, 6.07) is 18.5. The maximum Gasteiger partial charge on any atom is 0.453 e. The van der Waals surface area contributed by atoms with Crippen molar-refractivity contribution in [3.8, 4) is 0 Å². The van der Waals surface area contributed by atoms with Gasteiger partial charge in [0, 0.05) is 18.7 Å². The monoisotopic (exact) mass is 532 g/mol. The Morgan fingerprint density at radius 3 is 2.31 bits per heavy atom. The van der Waals surface area contributed by atoms with E-state index in [1.165, 1.54) is 0 Å². The summed E-state index contributed by atoms with van der Waals surface area (Å²) in [5.41, 5.74) is 1.02. The first-order valence-corrected chi connectivity index (χ1v) is 10.9. The van der Waals surface area contributed by atoms with Crippen molar-refractivity contribution < 1.29 is 17.9 Å². The molecule has 0 saturated carbocycles. The molecule has 7 nitrogen and oxygen atoms in total. The summed E-state index contributed by atoms with van der Waals surface area (Å²) < 4.78 is 47.7. The number of nitrogens with one attached hydrogen (secondary N) is 2. The van der Waals surface area contributed by atoms with Crippen molar-refractivity contribution in [2.45, 2.75) is 56.9 Å². The van der Waals surface area contributed by atoms with Crippen molar-refractivity contribution in [1.82, 2.24) is 30.8 Å². The molecule has 1 saturated heterocycles. The molecule has 1 aromatic heterocycles. The fourth-order valence-electron chi connectivity index (χ4n) is 4.34. The van der Waals surface area contributed by atoms with Gasteiger partial charge in [0.1, 0.15) is 0 Å². The predicted octanol–water partition coefficient (Wildman–Crippen LogP) is 4.51. The SMILES string of the molecule is CC(C)O[C@]1(c2ccccc2)NCC(n2nnnc2C(F)(F)F)C[C@@H]1NCc1ccccc1.Cl.Cl. The van der Waals surface area contributed by atoms with Crippen molar-refractivity contribution in [2.75, 3.05) is 6.54 Å². The molecule has 1 aliphatic rings. The number of aromatic nitrogens is 4. The van der Waals surface area contributed by atoms with Crippen molar-refractivity contribution in [1.29, 1.82) is 0 Å². The Labute approximate surface area is 214 Å². The van der Waals surface area contributed by atoms with Gasteiger partial charge in [0.15, 0.2) is 5.72 Å². The number of ether oxygens (including phenoxy) is 1. The fraction of sp³-hybridized carbons (Fsp3) is 0.435. The molecule has 0 amide bonds. The largest absolute Gasteiger partial charge is 0.453 e. The quantitative estimate of drug-likeness (QED) is 0.466. The summed E-state index contributed by atoms with van der Waals surface area (Å²) in [7, 11) is 0. The van der Waals surface area contributed by atoms with Gasteiger partial charge in [-0.2, -0.15) is 13.2 Å². The van der Waals surface area contributed by atoms with Crippen LogP contribution in [0.15, 0.2) is 60.7 Å². The van der Waals surface area contributed by atoms with Crippen LogP contribution >= 0.6 is 24.8 Å². The molecular weight excluding hydrogens is 504 g/mol. The minimum atomic E-state index is -4.64. The molecule has 3 atom stereocenters. The molecule has 192 valence electrons. The summed E-state index contributed by atoms with van der Waals surface area (Å²) in [5, 5.41) is 17.1. The highest BCUT2D eigenvalue weighted by atomic mass is 35.5. The molecule has 1 fully saturated rings. The van der Waals surface area contributed by atoms with Crippen LogP contribution in [0, 0.1) is 0 Å². The number of benzene rings is 2. The lowest BCUT2D eigenvalue weighted by Gasteiger charge is -2.48. The number of piperidine rings is 1. The van der Waals surface area contributed by atoms with E-state index in [0.29, 0.717) is 13.0 Å². The summed E-state index contributed by atoms with van der Waals surface area (Å²) in [5.74, 6) is -1.10. The van der Waals surface area contributed by atoms with E-state index in [1.54, 1.807) is 0 Å². The Balaban J connectivity index is 0.00000216. The van der Waals surface area contributed by atoms with Crippen LogP contribution in [0.3, 0.4) is 0 Å². The van der Waals surface area contributed by atoms with Gasteiger partial charge in [-0.05, 0) is 36.3 Å². The molecule has 3 aromatic rings. The van der Waals surface area contributed by atoms with Gasteiger partial charge in [-0.3, -0.25) is 5.32 Å². The third kappa shape index (κ3) is 6.50. The lowest BCUT2D eigenvalue weighted by atomic mass is 9.85. The van der Waals surface area contributed by atoms with Gasteiger partial charge in [-0.1, -0.05) is 60.7 Å². The molecule has 1 unspecified atom stereocenters. The van der Waals surface area contributed by atoms with E-state index in [2.05, 4.69) is 26.2 Å². The molecule has 0 radical (unpaired) electrons. The molecule has 0 spiro atoms. The van der Waals surface area contributed by atoms with Crippen LogP contribution in [0.5, 0.6) is 0 Å². The Kier molecular flexibility index (Phi) is 10.1. The van der Waals surface area contributed by atoms with Gasteiger partial charge in [0.2, 0.25) is 0 Å². The fourth-order valence-corrected chi connectivity index (χ4v) is 4.34. The molecule has 0 bridgehead atoms. The van der Waals surface area contributed by atoms with Crippen LogP contribution in [0.25, 0.3) is 0 Å². The first-order valence-electron chi connectivity index (χ1n) is 10.9. The number of rotatable bonds is 7. The van der Waals surface area contributed by atoms with Crippen molar-refractivity contribution >= 4 is 24.8 Å². The van der Waals surface area contributed by atoms with E-state index < -0.39 is 23.8 Å². The molecule has 2 heterocycles. The van der Waals surface area contributed by atoms with E-state index in [-0.39, 0.29) is 43.5 Å². The van der Waals surface area contributed by atoms with Gasteiger partial charge in [-0.25, -0.2) is 4.68 Å². The topological polar surface area (TPSA) is 76.9 Å². The summed E-state index contributed by atoms with van der Waals surface area (Å²) in [6.07, 6.45) is -4.44. The number of tetrazole rings is 1. The van der Waals surface area contributed by atoms with Crippen molar-refractivity contribution in [3.63, 3.8) is 0 Å². The second-order valence-corrected chi connectivity index (χ2v) is 8.40. The maximum atomic E-state index is 13.5. The second-order valence-electron chi connectivity index (χ2n) is 8.40. The molecule has 0 aliphatic carbocycles. The first kappa shape index (κ1) is 29.0. The van der Waals surface area contributed by atoms with Crippen LogP contribution in [-0.4, -0.2) is 38.9 Å². The van der Waals surface area contributed by atoms with E-state index in [1.807, 2.05) is 74.5 Å². The zero-order valence-electron chi connectivity index (χ0n) is 19.3. The van der Waals surface area contributed by atoms with Crippen LogP contribution in [-0.2, 0) is 23.2 Å². The first-order chi connectivity index (χ1) is 15.8. The van der Waals surface area contributed by atoms with E-state index in [9.17, 15) is 13.2 Å². The van der Waals surface area contributed by atoms with Gasteiger partial charge in [-0.15, -0.1) is 29.9 Å². The number of alkyl halides is 3. The standard InChI is InChI=1S/C23H27F3N6O.2ClH/c1-16(2)33-22(18-11-7-4-8-12-18)20(27-14-17-9-5-3-6-10-17)13-19(15-28-22)32-21(23(24,25)26)29-30-31-32;;/h3-12,16,19-20,27-28H,13-15H2,1-2H3;2*1H/t19?,20-,22-;;/m0../s1. The minimum absolute atomic E-state index is 0. The zero-order valence-corrected chi connectivity index (χ0v) is 20.9. The number of nitrogens with zero attached hydrogens (tertiary/aromatic N) is 4. The molecule has 4 rings (SSSR count). The van der Waals surface area contributed by atoms with Gasteiger partial charge in [0.25, 0.3) is 5.82 Å². The van der Waals surface area contributed by atoms with Gasteiger partial charge in [0.05, 0.1) is 18.2 Å². The zero-order chi connectivity index (χ0) is 23.5. The molecule has 2 N–H and O–H groups in total. The highest BCUT2D eigenvalue weighted by Crippen LogP contribution is 2.38. The number of halogens is 5. The Hall–Kier alpha value is -2.24. The van der Waals surface area contributed by atoms with E-state index >= 15 is 0 Å². The van der Waals surface area contributed by atoms with Crippen LogP contribution < -0.4 is 10.6 Å². The third-order valence-corrected chi connectivity index (χ3v) is 5.71. The van der Waals surface area contributed by atoms with Gasteiger partial charge >= 0.3 is 6.18 Å². The molecule has 12 heteroatoms. The average Bonchev–Trinajstić information content (AvgIpc) is 3.30. The molecular formula is C23H29Cl2F3N6O. The van der Waals surface area contributed by atoms with Crippen LogP contribution in [0.1, 0.15) is 43.3 Å².